The van der Waals surface area contributed by atoms with Crippen molar-refractivity contribution in [2.75, 3.05) is 17.7 Å². The quantitative estimate of drug-likeness (QED) is 0.737. The van der Waals surface area contributed by atoms with Gasteiger partial charge in [-0.1, -0.05) is 29.8 Å². The van der Waals surface area contributed by atoms with Crippen molar-refractivity contribution in [3.8, 4) is 5.75 Å². The van der Waals surface area contributed by atoms with Crippen LogP contribution in [0.15, 0.2) is 42.5 Å². The fraction of sp³-hybridized carbons (Fsp3) is 0.0667. The smallest absolute Gasteiger partial charge is 0.339 e. The number of hydrogen-bond acceptors (Lipinski definition) is 3. The molecule has 0 aliphatic carbocycles. The highest BCUT2D eigenvalue weighted by atomic mass is 35.5. The van der Waals surface area contributed by atoms with E-state index in [2.05, 4.69) is 10.6 Å². The Hall–Kier alpha value is -2.31. The molecule has 0 unspecified atom stereocenters. The van der Waals surface area contributed by atoms with E-state index < -0.39 is 5.97 Å². The van der Waals surface area contributed by atoms with Crippen LogP contribution in [0.5, 0.6) is 5.75 Å². The SMILES string of the molecule is COc1cc(NC(=S)Nc2ccccc2)c(Cl)cc1C(=O)O. The predicted molar refractivity (Wildman–Crippen MR) is 91.2 cm³/mol. The van der Waals surface area contributed by atoms with Crippen LogP contribution >= 0.6 is 23.8 Å². The van der Waals surface area contributed by atoms with Gasteiger partial charge in [-0.25, -0.2) is 4.79 Å². The largest absolute Gasteiger partial charge is 0.496 e. The van der Waals surface area contributed by atoms with Gasteiger partial charge in [-0.2, -0.15) is 0 Å². The molecule has 0 saturated heterocycles. The molecule has 0 aliphatic rings. The Kier molecular flexibility index (Phi) is 5.19. The van der Waals surface area contributed by atoms with Crippen molar-refractivity contribution in [3.63, 3.8) is 0 Å². The molecule has 0 bridgehead atoms. The number of anilines is 2. The maximum atomic E-state index is 11.1. The van der Waals surface area contributed by atoms with Crippen molar-refractivity contribution >= 4 is 46.3 Å². The molecule has 2 aromatic carbocycles. The molecule has 0 fully saturated rings. The molecule has 0 aromatic heterocycles. The fourth-order valence-corrected chi connectivity index (χ4v) is 2.23. The van der Waals surface area contributed by atoms with Gasteiger partial charge in [0.15, 0.2) is 5.11 Å². The molecule has 114 valence electrons. The van der Waals surface area contributed by atoms with Crippen molar-refractivity contribution in [3.05, 3.63) is 53.1 Å². The zero-order chi connectivity index (χ0) is 16.1. The maximum absolute atomic E-state index is 11.1. The third-order valence-electron chi connectivity index (χ3n) is 2.80. The number of thiocarbonyl (C=S) groups is 1. The maximum Gasteiger partial charge on any atom is 0.339 e. The van der Waals surface area contributed by atoms with Crippen LogP contribution < -0.4 is 15.4 Å². The summed E-state index contributed by atoms with van der Waals surface area (Å²) < 4.78 is 5.06. The van der Waals surface area contributed by atoms with E-state index in [1.165, 1.54) is 19.2 Å². The minimum atomic E-state index is -1.12. The molecule has 0 spiro atoms. The van der Waals surface area contributed by atoms with Gasteiger partial charge in [0, 0.05) is 11.8 Å². The molecule has 7 heteroatoms. The molecule has 0 amide bonds. The van der Waals surface area contributed by atoms with Gasteiger partial charge >= 0.3 is 5.97 Å². The van der Waals surface area contributed by atoms with E-state index in [4.69, 9.17) is 33.7 Å². The van der Waals surface area contributed by atoms with E-state index in [0.29, 0.717) is 10.8 Å². The number of methoxy groups -OCH3 is 1. The molecular formula is C15H13ClN2O3S. The number of halogens is 1. The molecule has 0 radical (unpaired) electrons. The first kappa shape index (κ1) is 16.1. The summed E-state index contributed by atoms with van der Waals surface area (Å²) in [5.41, 5.74) is 1.27. The van der Waals surface area contributed by atoms with E-state index in [0.717, 1.165) is 5.69 Å². The molecule has 22 heavy (non-hydrogen) atoms. The number of aromatic carboxylic acids is 1. The lowest BCUT2D eigenvalue weighted by atomic mass is 10.2. The van der Waals surface area contributed by atoms with E-state index in [1.807, 2.05) is 30.3 Å². The van der Waals surface area contributed by atoms with Crippen LogP contribution in [0.2, 0.25) is 5.02 Å². The molecular weight excluding hydrogens is 324 g/mol. The number of ether oxygens (including phenoxy) is 1. The van der Waals surface area contributed by atoms with Crippen LogP contribution in [-0.4, -0.2) is 23.3 Å². The van der Waals surface area contributed by atoms with E-state index in [-0.39, 0.29) is 16.3 Å². The number of benzene rings is 2. The van der Waals surface area contributed by atoms with Crippen LogP contribution in [0.4, 0.5) is 11.4 Å². The molecule has 2 aromatic rings. The molecule has 0 saturated carbocycles. The van der Waals surface area contributed by atoms with Crippen LogP contribution in [0, 0.1) is 0 Å². The number of carboxylic acid groups (broad SMARTS) is 1. The summed E-state index contributed by atoms with van der Waals surface area (Å²) in [4.78, 5) is 11.1. The lowest BCUT2D eigenvalue weighted by molar-refractivity contribution is 0.0693. The fourth-order valence-electron chi connectivity index (χ4n) is 1.79. The summed E-state index contributed by atoms with van der Waals surface area (Å²) in [7, 11) is 1.39. The Balaban J connectivity index is 2.19. The predicted octanol–water partition coefficient (Wildman–Crippen LogP) is 3.86. The highest BCUT2D eigenvalue weighted by Crippen LogP contribution is 2.31. The molecule has 2 rings (SSSR count). The summed E-state index contributed by atoms with van der Waals surface area (Å²) in [6.07, 6.45) is 0. The summed E-state index contributed by atoms with van der Waals surface area (Å²) in [5.74, 6) is -0.919. The van der Waals surface area contributed by atoms with Gasteiger partial charge in [0.1, 0.15) is 11.3 Å². The van der Waals surface area contributed by atoms with E-state index in [9.17, 15) is 4.79 Å². The number of carboxylic acids is 1. The molecule has 0 atom stereocenters. The number of carbonyl (C=O) groups is 1. The summed E-state index contributed by atoms with van der Waals surface area (Å²) in [6.45, 7) is 0. The van der Waals surface area contributed by atoms with Crippen LogP contribution in [0.3, 0.4) is 0 Å². The van der Waals surface area contributed by atoms with Gasteiger partial charge in [-0.15, -0.1) is 0 Å². The minimum absolute atomic E-state index is 0.0139. The second-order valence-corrected chi connectivity index (χ2v) is 5.10. The topological polar surface area (TPSA) is 70.6 Å². The Labute approximate surface area is 137 Å². The molecule has 3 N–H and O–H groups in total. The van der Waals surface area contributed by atoms with Crippen LogP contribution in [-0.2, 0) is 0 Å². The van der Waals surface area contributed by atoms with E-state index in [1.54, 1.807) is 0 Å². The van der Waals surface area contributed by atoms with Crippen LogP contribution in [0.1, 0.15) is 10.4 Å². The first-order valence-corrected chi connectivity index (χ1v) is 7.03. The monoisotopic (exact) mass is 336 g/mol. The van der Waals surface area contributed by atoms with Gasteiger partial charge in [0.25, 0.3) is 0 Å². The number of nitrogens with one attached hydrogen (secondary N) is 2. The Bertz CT molecular complexity index is 707. The number of rotatable bonds is 4. The Morgan fingerprint density at radius 2 is 1.91 bits per heavy atom. The number of para-hydroxylation sites is 1. The zero-order valence-corrected chi connectivity index (χ0v) is 13.2. The summed E-state index contributed by atoms with van der Waals surface area (Å²) in [6, 6.07) is 12.2. The van der Waals surface area contributed by atoms with Crippen molar-refractivity contribution in [1.29, 1.82) is 0 Å². The highest BCUT2D eigenvalue weighted by Gasteiger charge is 2.15. The van der Waals surface area contributed by atoms with Crippen molar-refractivity contribution in [2.24, 2.45) is 0 Å². The van der Waals surface area contributed by atoms with Gasteiger partial charge in [0.05, 0.1) is 17.8 Å². The average Bonchev–Trinajstić information content (AvgIpc) is 2.49. The second kappa shape index (κ2) is 7.11. The Morgan fingerprint density at radius 1 is 1.23 bits per heavy atom. The van der Waals surface area contributed by atoms with Gasteiger partial charge < -0.3 is 20.5 Å². The van der Waals surface area contributed by atoms with Crippen molar-refractivity contribution in [1.82, 2.24) is 0 Å². The van der Waals surface area contributed by atoms with Crippen molar-refractivity contribution in [2.45, 2.75) is 0 Å². The second-order valence-electron chi connectivity index (χ2n) is 4.28. The average molecular weight is 337 g/mol. The van der Waals surface area contributed by atoms with Gasteiger partial charge in [-0.3, -0.25) is 0 Å². The third-order valence-corrected chi connectivity index (χ3v) is 3.32. The van der Waals surface area contributed by atoms with Gasteiger partial charge in [-0.05, 0) is 30.4 Å². The molecule has 0 aliphatic heterocycles. The normalized spacial score (nSPS) is 9.91. The highest BCUT2D eigenvalue weighted by molar-refractivity contribution is 7.80. The van der Waals surface area contributed by atoms with Gasteiger partial charge in [0.2, 0.25) is 0 Å². The summed E-state index contributed by atoms with van der Waals surface area (Å²) in [5, 5.41) is 15.6. The first-order valence-electron chi connectivity index (χ1n) is 6.25. The number of hydrogen-bond donors (Lipinski definition) is 3. The summed E-state index contributed by atoms with van der Waals surface area (Å²) >= 11 is 11.3. The zero-order valence-electron chi connectivity index (χ0n) is 11.6. The molecule has 5 nitrogen and oxygen atoms in total. The standard InChI is InChI=1S/C15H13ClN2O3S/c1-21-13-8-12(11(16)7-10(13)14(19)20)18-15(22)17-9-5-3-2-4-6-9/h2-8H,1H3,(H,19,20)(H2,17,18,22). The lowest BCUT2D eigenvalue weighted by Crippen LogP contribution is -2.19. The lowest BCUT2D eigenvalue weighted by Gasteiger charge is -2.14. The molecule has 0 heterocycles. The Morgan fingerprint density at radius 3 is 2.50 bits per heavy atom. The van der Waals surface area contributed by atoms with E-state index >= 15 is 0 Å². The van der Waals surface area contributed by atoms with Crippen LogP contribution in [0.25, 0.3) is 0 Å². The minimum Gasteiger partial charge on any atom is -0.496 e. The third kappa shape index (κ3) is 3.87. The van der Waals surface area contributed by atoms with Crippen molar-refractivity contribution < 1.29 is 14.6 Å². The first-order chi connectivity index (χ1) is 10.5.